The number of terminal acetylenes is 1. The Morgan fingerprint density at radius 1 is 1.39 bits per heavy atom. The lowest BCUT2D eigenvalue weighted by molar-refractivity contribution is -0.153. The highest BCUT2D eigenvalue weighted by atomic mass is 16.6. The first-order chi connectivity index (χ1) is 10.9. The molecular weight excluding hydrogens is 292 g/mol. The van der Waals surface area contributed by atoms with Crippen LogP contribution in [0.5, 0.6) is 0 Å². The van der Waals surface area contributed by atoms with Crippen molar-refractivity contribution in [3.63, 3.8) is 0 Å². The third kappa shape index (κ3) is 3.32. The van der Waals surface area contributed by atoms with Gasteiger partial charge in [-0.25, -0.2) is 0 Å². The Hall–Kier alpha value is -2.06. The van der Waals surface area contributed by atoms with Crippen molar-refractivity contribution < 1.29 is 9.53 Å². The molecule has 3 rings (SSSR count). The van der Waals surface area contributed by atoms with E-state index in [0.29, 0.717) is 11.8 Å². The van der Waals surface area contributed by atoms with Crippen molar-refractivity contribution in [2.45, 2.75) is 38.3 Å². The first-order valence-corrected chi connectivity index (χ1v) is 7.99. The molecule has 0 spiro atoms. The maximum atomic E-state index is 12.1. The maximum absolute atomic E-state index is 12.1. The van der Waals surface area contributed by atoms with Crippen LogP contribution < -0.4 is 5.56 Å². The number of esters is 1. The summed E-state index contributed by atoms with van der Waals surface area (Å²) in [5, 5.41) is 0. The number of ether oxygens (including phenoxy) is 1. The van der Waals surface area contributed by atoms with E-state index in [2.05, 4.69) is 10.8 Å². The van der Waals surface area contributed by atoms with Crippen LogP contribution in [0.25, 0.3) is 0 Å². The Morgan fingerprint density at radius 2 is 2.17 bits per heavy atom. The van der Waals surface area contributed by atoms with Gasteiger partial charge in [0.25, 0.3) is 5.56 Å². The molecule has 5 nitrogen and oxygen atoms in total. The van der Waals surface area contributed by atoms with Crippen LogP contribution >= 0.6 is 0 Å². The summed E-state index contributed by atoms with van der Waals surface area (Å²) < 4.78 is 7.21. The molecule has 2 aliphatic heterocycles. The molecule has 0 amide bonds. The zero-order chi connectivity index (χ0) is 16.6. The Balaban J connectivity index is 1.70. The third-order valence-corrected chi connectivity index (χ3v) is 4.62. The predicted octanol–water partition coefficient (Wildman–Crippen LogP) is 1.22. The molecule has 3 heterocycles. The van der Waals surface area contributed by atoms with Gasteiger partial charge < -0.3 is 9.30 Å². The Bertz CT molecular complexity index is 714. The van der Waals surface area contributed by atoms with Gasteiger partial charge in [-0.1, -0.05) is 12.0 Å². The minimum absolute atomic E-state index is 0.0702. The number of fused-ring (bicyclic) bond motifs is 4. The summed E-state index contributed by atoms with van der Waals surface area (Å²) in [5.74, 6) is 2.87. The highest BCUT2D eigenvalue weighted by molar-refractivity contribution is 5.72. The zero-order valence-electron chi connectivity index (χ0n) is 13.6. The molecule has 1 fully saturated rings. The molecule has 5 heteroatoms. The van der Waals surface area contributed by atoms with Gasteiger partial charge in [-0.05, 0) is 32.3 Å². The van der Waals surface area contributed by atoms with Crippen molar-refractivity contribution in [3.05, 3.63) is 34.2 Å². The highest BCUT2D eigenvalue weighted by Gasteiger charge is 2.35. The molecule has 2 atom stereocenters. The van der Waals surface area contributed by atoms with Crippen molar-refractivity contribution in [1.82, 2.24) is 9.47 Å². The Labute approximate surface area is 136 Å². The van der Waals surface area contributed by atoms with E-state index >= 15 is 0 Å². The summed E-state index contributed by atoms with van der Waals surface area (Å²) in [5.41, 5.74) is 0.277. The summed E-state index contributed by atoms with van der Waals surface area (Å²) in [4.78, 5) is 26.2. The van der Waals surface area contributed by atoms with Gasteiger partial charge in [-0.2, -0.15) is 0 Å². The molecule has 122 valence electrons. The molecular formula is C18H22N2O3. The van der Waals surface area contributed by atoms with Gasteiger partial charge in [0, 0.05) is 37.3 Å². The molecule has 1 saturated heterocycles. The molecule has 0 aromatic carbocycles. The number of rotatable bonds is 3. The number of aromatic nitrogens is 1. The van der Waals surface area contributed by atoms with Crippen molar-refractivity contribution in [1.29, 1.82) is 0 Å². The van der Waals surface area contributed by atoms with Crippen LogP contribution in [0.3, 0.4) is 0 Å². The lowest BCUT2D eigenvalue weighted by atomic mass is 9.83. The lowest BCUT2D eigenvalue weighted by Crippen LogP contribution is -2.49. The van der Waals surface area contributed by atoms with Gasteiger partial charge in [0.1, 0.15) is 0 Å². The first kappa shape index (κ1) is 15.8. The average Bonchev–Trinajstić information content (AvgIpc) is 2.47. The standard InChI is InChI=1S/C18H22N2O3/c1-4-18(2,3)23-17(22)12-19-9-13-8-14(11-19)15-6-5-7-16(21)20(15)10-13/h1,5-7,13-14H,8-12H2,2-3H3/t13-,14-/m1/s1. The van der Waals surface area contributed by atoms with Crippen LogP contribution in [0.4, 0.5) is 0 Å². The largest absolute Gasteiger partial charge is 0.445 e. The molecule has 1 aromatic heterocycles. The number of carbonyl (C=O) groups is 1. The van der Waals surface area contributed by atoms with Gasteiger partial charge >= 0.3 is 5.97 Å². The Morgan fingerprint density at radius 3 is 2.91 bits per heavy atom. The van der Waals surface area contributed by atoms with Crippen LogP contribution in [0.2, 0.25) is 0 Å². The zero-order valence-corrected chi connectivity index (χ0v) is 13.6. The fraction of sp³-hybridized carbons (Fsp3) is 0.556. The highest BCUT2D eigenvalue weighted by Crippen LogP contribution is 2.34. The van der Waals surface area contributed by atoms with Gasteiger partial charge in [-0.3, -0.25) is 14.5 Å². The number of pyridine rings is 1. The maximum Gasteiger partial charge on any atom is 0.321 e. The van der Waals surface area contributed by atoms with Crippen LogP contribution in [0.1, 0.15) is 31.9 Å². The number of hydrogen-bond acceptors (Lipinski definition) is 4. The van der Waals surface area contributed by atoms with Gasteiger partial charge in [0.15, 0.2) is 5.60 Å². The van der Waals surface area contributed by atoms with Crippen LogP contribution in [0.15, 0.2) is 23.0 Å². The van der Waals surface area contributed by atoms with Crippen molar-refractivity contribution >= 4 is 5.97 Å². The molecule has 2 aliphatic rings. The van der Waals surface area contributed by atoms with Crippen molar-refractivity contribution in [3.8, 4) is 12.3 Å². The number of nitrogens with zero attached hydrogens (tertiary/aromatic N) is 2. The summed E-state index contributed by atoms with van der Waals surface area (Å²) in [6.07, 6.45) is 6.43. The number of likely N-dealkylation sites (tertiary alicyclic amines) is 1. The van der Waals surface area contributed by atoms with Crippen LogP contribution in [0, 0.1) is 18.3 Å². The molecule has 0 radical (unpaired) electrons. The number of carbonyl (C=O) groups excluding carboxylic acids is 1. The molecule has 1 aromatic rings. The molecule has 0 unspecified atom stereocenters. The van der Waals surface area contributed by atoms with E-state index in [1.54, 1.807) is 19.9 Å². The van der Waals surface area contributed by atoms with E-state index in [9.17, 15) is 9.59 Å². The second-order valence-corrected chi connectivity index (χ2v) is 7.02. The summed E-state index contributed by atoms with van der Waals surface area (Å²) >= 11 is 0. The van der Waals surface area contributed by atoms with E-state index in [1.165, 1.54) is 0 Å². The molecule has 0 aliphatic carbocycles. The van der Waals surface area contributed by atoms with Crippen LogP contribution in [-0.2, 0) is 16.1 Å². The molecule has 23 heavy (non-hydrogen) atoms. The number of hydrogen-bond donors (Lipinski definition) is 0. The second kappa shape index (κ2) is 5.86. The predicted molar refractivity (Wildman–Crippen MR) is 87.0 cm³/mol. The van der Waals surface area contributed by atoms with Gasteiger partial charge in [0.05, 0.1) is 6.54 Å². The molecule has 0 N–H and O–H groups in total. The van der Waals surface area contributed by atoms with Gasteiger partial charge in [0.2, 0.25) is 0 Å². The minimum Gasteiger partial charge on any atom is -0.445 e. The minimum atomic E-state index is -0.872. The van der Waals surface area contributed by atoms with Crippen LogP contribution in [-0.4, -0.2) is 40.7 Å². The smallest absolute Gasteiger partial charge is 0.321 e. The van der Waals surface area contributed by atoms with Crippen molar-refractivity contribution in [2.24, 2.45) is 5.92 Å². The topological polar surface area (TPSA) is 51.5 Å². The van der Waals surface area contributed by atoms with E-state index in [4.69, 9.17) is 11.2 Å². The number of piperidine rings is 1. The normalized spacial score (nSPS) is 23.7. The van der Waals surface area contributed by atoms with E-state index in [0.717, 1.165) is 31.7 Å². The summed E-state index contributed by atoms with van der Waals surface area (Å²) in [6, 6.07) is 5.45. The Kier molecular flexibility index (Phi) is 4.03. The van der Waals surface area contributed by atoms with E-state index < -0.39 is 5.60 Å². The fourth-order valence-corrected chi connectivity index (χ4v) is 3.65. The first-order valence-electron chi connectivity index (χ1n) is 7.99. The summed E-state index contributed by atoms with van der Waals surface area (Å²) in [6.45, 7) is 5.97. The fourth-order valence-electron chi connectivity index (χ4n) is 3.65. The van der Waals surface area contributed by atoms with Gasteiger partial charge in [-0.15, -0.1) is 6.42 Å². The average molecular weight is 314 g/mol. The van der Waals surface area contributed by atoms with E-state index in [1.807, 2.05) is 16.7 Å². The van der Waals surface area contributed by atoms with Crippen molar-refractivity contribution in [2.75, 3.05) is 19.6 Å². The quantitative estimate of drug-likeness (QED) is 0.622. The third-order valence-electron chi connectivity index (χ3n) is 4.62. The second-order valence-electron chi connectivity index (χ2n) is 7.02. The molecule has 0 saturated carbocycles. The SMILES string of the molecule is C#CC(C)(C)OC(=O)CN1C[C@H]2C[C@H](C1)c1cccc(=O)n1C2. The summed E-state index contributed by atoms with van der Waals surface area (Å²) in [7, 11) is 0. The van der Waals surface area contributed by atoms with E-state index in [-0.39, 0.29) is 18.1 Å². The lowest BCUT2D eigenvalue weighted by Gasteiger charge is -2.42. The monoisotopic (exact) mass is 314 g/mol. The molecule has 2 bridgehead atoms.